The summed E-state index contributed by atoms with van der Waals surface area (Å²) in [5.74, 6) is 0. The Balaban J connectivity index is 0. The van der Waals surface area contributed by atoms with E-state index < -0.39 is 0 Å². The van der Waals surface area contributed by atoms with Crippen LogP contribution in [0, 0.1) is 38.6 Å². The average molecular weight is 232 g/mol. The molecule has 1 radical (unpaired) electrons. The van der Waals surface area contributed by atoms with Gasteiger partial charge in [-0.05, 0) is 0 Å². The van der Waals surface area contributed by atoms with Gasteiger partial charge in [-0.1, -0.05) is 0 Å². The Morgan fingerprint density at radius 2 is 1.67 bits per heavy atom. The van der Waals surface area contributed by atoms with Gasteiger partial charge in [0.25, 0.3) is 0 Å². The zero-order chi connectivity index (χ0) is 4.28. The minimum atomic E-state index is 0. The molecule has 2 nitrogen and oxygen atoms in total. The summed E-state index contributed by atoms with van der Waals surface area (Å²) in [6.07, 6.45) is 0.750. The van der Waals surface area contributed by atoms with Crippen LogP contribution in [0.5, 0.6) is 0 Å². The Morgan fingerprint density at radius 3 is 1.67 bits per heavy atom. The molecule has 0 unspecified atom stereocenters. The van der Waals surface area contributed by atoms with E-state index in [1.807, 2.05) is 0 Å². The van der Waals surface area contributed by atoms with Crippen molar-refractivity contribution >= 4 is 6.41 Å². The second-order valence-corrected chi connectivity index (χ2v) is 1.07. The fourth-order valence-corrected chi connectivity index (χ4v) is 0. The van der Waals surface area contributed by atoms with Crippen molar-refractivity contribution in [3.8, 4) is 0 Å². The predicted molar refractivity (Wildman–Crippen MR) is 19.8 cm³/mol. The summed E-state index contributed by atoms with van der Waals surface area (Å²) in [6, 6.07) is 0. The van der Waals surface area contributed by atoms with Gasteiger partial charge in [-0.15, -0.1) is 0 Å². The summed E-state index contributed by atoms with van der Waals surface area (Å²) in [5, 5.41) is 0. The van der Waals surface area contributed by atoms with Gasteiger partial charge in [-0.3, -0.25) is 4.79 Å². The minimum Gasteiger partial charge on any atom is -0.351 e. The molecule has 0 saturated carbocycles. The number of carbonyl (C=O) groups excluding carboxylic acids is 1. The quantitative estimate of drug-likeness (QED) is 0.568. The Kier molecular flexibility index (Phi) is 9.49. The van der Waals surface area contributed by atoms with Gasteiger partial charge in [0.2, 0.25) is 6.41 Å². The predicted octanol–water partition coefficient (Wildman–Crippen LogP) is -0.296. The summed E-state index contributed by atoms with van der Waals surface area (Å²) in [4.78, 5) is 10.9. The summed E-state index contributed by atoms with van der Waals surface area (Å²) in [6.45, 7) is 0. The van der Waals surface area contributed by atoms with Crippen LogP contribution in [-0.2, 0) is 4.79 Å². The van der Waals surface area contributed by atoms with Crippen LogP contribution in [0.4, 0.5) is 0 Å². The third kappa shape index (κ3) is 8.83. The van der Waals surface area contributed by atoms with Crippen molar-refractivity contribution in [2.75, 3.05) is 14.1 Å². The fraction of sp³-hybridized carbons (Fsp3) is 0.667. The van der Waals surface area contributed by atoms with Gasteiger partial charge in [0.1, 0.15) is 0 Å². The van der Waals surface area contributed by atoms with Crippen molar-refractivity contribution in [1.82, 2.24) is 4.90 Å². The first kappa shape index (κ1) is 9.90. The molecule has 0 rings (SSSR count). The molecule has 0 bridgehead atoms. The number of hydrogen-bond donors (Lipinski definition) is 0. The molecule has 0 spiro atoms. The van der Waals surface area contributed by atoms with Crippen molar-refractivity contribution in [3.63, 3.8) is 0 Å². The fourth-order valence-electron chi connectivity index (χ4n) is 0. The Hall–Kier alpha value is 0.756. The molecule has 0 aromatic rings. The molecular weight excluding hydrogens is 225 g/mol. The van der Waals surface area contributed by atoms with Crippen LogP contribution < -0.4 is 0 Å². The van der Waals surface area contributed by atoms with Gasteiger partial charge in [-0.25, -0.2) is 0 Å². The molecule has 0 aromatic heterocycles. The molecule has 0 aromatic carbocycles. The molecule has 0 fully saturated rings. The number of amides is 1. The van der Waals surface area contributed by atoms with E-state index in [4.69, 9.17) is 0 Å². The molecule has 0 heterocycles. The summed E-state index contributed by atoms with van der Waals surface area (Å²) >= 11 is 0. The SMILES string of the molecule is CN(C)C=O.[Tb]. The van der Waals surface area contributed by atoms with E-state index in [-0.39, 0.29) is 38.6 Å². The maximum atomic E-state index is 9.43. The van der Waals surface area contributed by atoms with Crippen molar-refractivity contribution in [2.24, 2.45) is 0 Å². The van der Waals surface area contributed by atoms with Crippen LogP contribution in [0.2, 0.25) is 0 Å². The van der Waals surface area contributed by atoms with E-state index in [1.165, 1.54) is 4.90 Å². The number of hydrogen-bond acceptors (Lipinski definition) is 1. The van der Waals surface area contributed by atoms with Gasteiger partial charge in [0.05, 0.1) is 0 Å². The first-order valence-electron chi connectivity index (χ1n) is 1.39. The maximum Gasteiger partial charge on any atom is 0.209 e. The molecule has 39 valence electrons. The van der Waals surface area contributed by atoms with Crippen LogP contribution in [0.3, 0.4) is 0 Å². The van der Waals surface area contributed by atoms with Gasteiger partial charge < -0.3 is 4.90 Å². The van der Waals surface area contributed by atoms with Crippen molar-refractivity contribution in [3.05, 3.63) is 0 Å². The second-order valence-electron chi connectivity index (χ2n) is 1.07. The average Bonchev–Trinajstić information content (AvgIpc) is 1.38. The molecule has 6 heavy (non-hydrogen) atoms. The van der Waals surface area contributed by atoms with Crippen LogP contribution >= 0.6 is 0 Å². The van der Waals surface area contributed by atoms with Crippen LogP contribution in [0.15, 0.2) is 0 Å². The summed E-state index contributed by atoms with van der Waals surface area (Å²) < 4.78 is 0. The monoisotopic (exact) mass is 232 g/mol. The first-order chi connectivity index (χ1) is 2.27. The third-order valence-corrected chi connectivity index (χ3v) is 0.211. The molecule has 0 N–H and O–H groups in total. The largest absolute Gasteiger partial charge is 0.351 e. The van der Waals surface area contributed by atoms with E-state index in [1.54, 1.807) is 14.1 Å². The number of carbonyl (C=O) groups is 1. The van der Waals surface area contributed by atoms with Crippen LogP contribution in [0.25, 0.3) is 0 Å². The maximum absolute atomic E-state index is 9.43. The van der Waals surface area contributed by atoms with Gasteiger partial charge in [0.15, 0.2) is 0 Å². The summed E-state index contributed by atoms with van der Waals surface area (Å²) in [5.41, 5.74) is 0. The molecule has 0 aliphatic carbocycles. The van der Waals surface area contributed by atoms with Crippen molar-refractivity contribution in [1.29, 1.82) is 0 Å². The number of nitrogens with zero attached hydrogens (tertiary/aromatic N) is 1. The molecule has 0 aliphatic heterocycles. The van der Waals surface area contributed by atoms with Crippen molar-refractivity contribution < 1.29 is 43.4 Å². The second kappa shape index (κ2) is 5.76. The van der Waals surface area contributed by atoms with Gasteiger partial charge in [-0.2, -0.15) is 0 Å². The van der Waals surface area contributed by atoms with Crippen LogP contribution in [0.1, 0.15) is 0 Å². The molecule has 0 saturated heterocycles. The zero-order valence-corrected chi connectivity index (χ0v) is 5.90. The smallest absolute Gasteiger partial charge is 0.209 e. The molecular formula is C3H7NOTb. The Bertz CT molecular complexity index is 37.8. The van der Waals surface area contributed by atoms with E-state index in [9.17, 15) is 4.79 Å². The van der Waals surface area contributed by atoms with E-state index >= 15 is 0 Å². The minimum absolute atomic E-state index is 0. The van der Waals surface area contributed by atoms with Crippen molar-refractivity contribution in [2.45, 2.75) is 0 Å². The van der Waals surface area contributed by atoms with E-state index in [2.05, 4.69) is 0 Å². The van der Waals surface area contributed by atoms with Gasteiger partial charge in [0, 0.05) is 52.7 Å². The van der Waals surface area contributed by atoms with E-state index in [0.29, 0.717) is 0 Å². The zero-order valence-electron chi connectivity index (χ0n) is 3.77. The van der Waals surface area contributed by atoms with Crippen LogP contribution in [-0.4, -0.2) is 25.4 Å². The normalized spacial score (nSPS) is 5.67. The Labute approximate surface area is 68.3 Å². The molecule has 3 heteroatoms. The first-order valence-corrected chi connectivity index (χ1v) is 1.39. The Morgan fingerprint density at radius 1 is 1.50 bits per heavy atom. The number of rotatable bonds is 1. The molecule has 0 atom stereocenters. The molecule has 0 aliphatic rings. The molecule has 1 amide bonds. The third-order valence-electron chi connectivity index (χ3n) is 0.211. The topological polar surface area (TPSA) is 20.3 Å². The van der Waals surface area contributed by atoms with E-state index in [0.717, 1.165) is 6.41 Å². The van der Waals surface area contributed by atoms with Gasteiger partial charge >= 0.3 is 0 Å². The standard InChI is InChI=1S/C3H7NO.Tb/c1-4(2)3-5;/h3H,1-2H3;. The summed E-state index contributed by atoms with van der Waals surface area (Å²) in [7, 11) is 3.38.